The van der Waals surface area contributed by atoms with Gasteiger partial charge in [0.25, 0.3) is 0 Å². The van der Waals surface area contributed by atoms with Gasteiger partial charge in [0.05, 0.1) is 0 Å². The second kappa shape index (κ2) is 4.54. The quantitative estimate of drug-likeness (QED) is 0.831. The third-order valence-electron chi connectivity index (χ3n) is 1.51. The van der Waals surface area contributed by atoms with Crippen LogP contribution in [0.15, 0.2) is 24.3 Å². The molecule has 0 amide bonds. The van der Waals surface area contributed by atoms with E-state index >= 15 is 0 Å². The van der Waals surface area contributed by atoms with Crippen LogP contribution in [0.4, 0.5) is 0 Å². The molecule has 0 radical (unpaired) electrons. The number of rotatable bonds is 3. The van der Waals surface area contributed by atoms with Crippen LogP contribution in [0.25, 0.3) is 0 Å². The van der Waals surface area contributed by atoms with Gasteiger partial charge in [0, 0.05) is 0 Å². The molecule has 64 valence electrons. The fraction of sp³-hybridized carbons (Fsp3) is 0.222. The summed E-state index contributed by atoms with van der Waals surface area (Å²) in [6.45, 7) is 0. The summed E-state index contributed by atoms with van der Waals surface area (Å²) in [7, 11) is 3.35. The Bertz CT molecular complexity index is 266. The van der Waals surface area contributed by atoms with Crippen LogP contribution in [0.5, 0.6) is 5.75 Å². The van der Waals surface area contributed by atoms with Crippen LogP contribution < -0.4 is 4.74 Å². The Morgan fingerprint density at radius 3 is 2.17 bits per heavy atom. The van der Waals surface area contributed by atoms with Gasteiger partial charge in [-0.3, -0.25) is 0 Å². The van der Waals surface area contributed by atoms with Crippen molar-refractivity contribution in [2.45, 2.75) is 0 Å². The van der Waals surface area contributed by atoms with E-state index in [4.69, 9.17) is 9.47 Å². The fourth-order valence-corrected chi connectivity index (χ4v) is 1.33. The normalized spacial score (nSPS) is 9.50. The van der Waals surface area contributed by atoms with E-state index in [1.54, 1.807) is 14.2 Å². The summed E-state index contributed by atoms with van der Waals surface area (Å²) in [6, 6.07) is 7.84. The zero-order valence-electron chi connectivity index (χ0n) is 7.03. The Morgan fingerprint density at radius 1 is 1.17 bits per heavy atom. The molecule has 1 rings (SSSR count). The average molecular weight is 334 g/mol. The number of hydrogen-bond donors (Lipinski definition) is 0. The molecule has 0 fully saturated rings. The van der Waals surface area contributed by atoms with Crippen molar-refractivity contribution in [2.24, 2.45) is 0 Å². The third-order valence-corrected chi connectivity index (χ3v) is 2.96. The van der Waals surface area contributed by atoms with E-state index in [-0.39, 0.29) is 0 Å². The molecule has 1 aromatic carbocycles. The predicted octanol–water partition coefficient (Wildman–Crippen LogP) is 1.37. The Labute approximate surface area is 82.9 Å². The summed E-state index contributed by atoms with van der Waals surface area (Å²) in [6.07, 6.45) is 0. The van der Waals surface area contributed by atoms with Gasteiger partial charge in [-0.2, -0.15) is 0 Å². The molecule has 0 N–H and O–H groups in total. The third kappa shape index (κ3) is 2.26. The molecule has 0 saturated heterocycles. The first-order chi connectivity index (χ1) is 5.77. The van der Waals surface area contributed by atoms with Crippen LogP contribution in [-0.4, -0.2) is 18.3 Å². The van der Waals surface area contributed by atoms with Gasteiger partial charge in [0.2, 0.25) is 0 Å². The maximum atomic E-state index is 5.12. The molecular weight excluding hydrogens is 324 g/mol. The molecule has 1 aromatic rings. The second-order valence-corrected chi connectivity index (χ2v) is 3.55. The first kappa shape index (κ1) is 9.62. The van der Waals surface area contributed by atoms with Crippen molar-refractivity contribution in [3.05, 3.63) is 29.8 Å². The summed E-state index contributed by atoms with van der Waals surface area (Å²) < 4.78 is 11.2. The van der Waals surface area contributed by atoms with Crippen LogP contribution in [0.3, 0.4) is 0 Å². The van der Waals surface area contributed by atoms with E-state index < -0.39 is 0 Å². The van der Waals surface area contributed by atoms with E-state index in [1.165, 1.54) is 19.4 Å². The molecule has 0 atom stereocenters. The molecule has 3 heteroatoms. The number of methoxy groups -OCH3 is 2. The molecule has 0 aliphatic heterocycles. The Kier molecular flexibility index (Phi) is 3.64. The van der Waals surface area contributed by atoms with Crippen LogP contribution in [-0.2, 0) is 24.1 Å². The predicted molar refractivity (Wildman–Crippen MR) is 44.1 cm³/mol. The Morgan fingerprint density at radius 2 is 1.75 bits per heavy atom. The van der Waals surface area contributed by atoms with Crippen LogP contribution in [0.2, 0.25) is 0 Å². The SMILES string of the molecule is CO[C](=[W])c1ccc(OC)cc1. The van der Waals surface area contributed by atoms with E-state index in [0.717, 1.165) is 15.4 Å². The van der Waals surface area contributed by atoms with Gasteiger partial charge in [0.15, 0.2) is 0 Å². The molecule has 2 nitrogen and oxygen atoms in total. The zero-order valence-corrected chi connectivity index (χ0v) is 9.97. The minimum atomic E-state index is 0.873. The van der Waals surface area contributed by atoms with Crippen molar-refractivity contribution in [1.82, 2.24) is 0 Å². The zero-order chi connectivity index (χ0) is 8.97. The standard InChI is InChI=1S/C9H10O2.W/c1-10-7-8-3-5-9(11-2)6-4-8;/h3-6H,1-2H3;. The van der Waals surface area contributed by atoms with E-state index in [9.17, 15) is 0 Å². The molecule has 0 aromatic heterocycles. The van der Waals surface area contributed by atoms with E-state index in [1.807, 2.05) is 24.3 Å². The average Bonchev–Trinajstić information content (AvgIpc) is 2.17. The minimum absolute atomic E-state index is 0.873. The van der Waals surface area contributed by atoms with E-state index in [0.29, 0.717) is 0 Å². The monoisotopic (exact) mass is 334 g/mol. The van der Waals surface area contributed by atoms with Gasteiger partial charge >= 0.3 is 82.7 Å². The topological polar surface area (TPSA) is 18.5 Å². The Hall–Kier alpha value is -0.462. The summed E-state index contributed by atoms with van der Waals surface area (Å²) in [5, 5.41) is 0. The molecule has 12 heavy (non-hydrogen) atoms. The van der Waals surface area contributed by atoms with Crippen LogP contribution in [0, 0.1) is 0 Å². The molecule has 0 aliphatic carbocycles. The van der Waals surface area contributed by atoms with Crippen molar-refractivity contribution in [1.29, 1.82) is 0 Å². The Balaban J connectivity index is 2.84. The van der Waals surface area contributed by atoms with Gasteiger partial charge in [-0.25, -0.2) is 0 Å². The maximum absolute atomic E-state index is 5.12. The van der Waals surface area contributed by atoms with Crippen molar-refractivity contribution < 1.29 is 28.8 Å². The van der Waals surface area contributed by atoms with Gasteiger partial charge in [-0.05, 0) is 0 Å². The number of hydrogen-bond acceptors (Lipinski definition) is 2. The van der Waals surface area contributed by atoms with E-state index in [2.05, 4.69) is 0 Å². The number of ether oxygens (including phenoxy) is 2. The first-order valence-electron chi connectivity index (χ1n) is 3.50. The molecule has 0 unspecified atom stereocenters. The fourth-order valence-electron chi connectivity index (χ4n) is 0.845. The molecular formula is C9H10O2W. The van der Waals surface area contributed by atoms with Crippen molar-refractivity contribution in [3.8, 4) is 5.75 Å². The number of benzene rings is 1. The molecule has 0 spiro atoms. The van der Waals surface area contributed by atoms with Crippen molar-refractivity contribution in [2.75, 3.05) is 14.2 Å². The van der Waals surface area contributed by atoms with Crippen LogP contribution >= 0.6 is 0 Å². The summed E-state index contributed by atoms with van der Waals surface area (Å²) >= 11 is 1.33. The first-order valence-corrected chi connectivity index (χ1v) is 4.97. The van der Waals surface area contributed by atoms with Crippen LogP contribution in [0.1, 0.15) is 5.56 Å². The van der Waals surface area contributed by atoms with Crippen molar-refractivity contribution in [3.63, 3.8) is 0 Å². The summed E-state index contributed by atoms with van der Waals surface area (Å²) in [5.41, 5.74) is 1.12. The van der Waals surface area contributed by atoms with Gasteiger partial charge < -0.3 is 0 Å². The second-order valence-electron chi connectivity index (χ2n) is 2.22. The van der Waals surface area contributed by atoms with Crippen molar-refractivity contribution >= 4 is 4.08 Å². The summed E-state index contributed by atoms with van der Waals surface area (Å²) in [4.78, 5) is 0. The molecule has 0 aliphatic rings. The molecule has 0 bridgehead atoms. The van der Waals surface area contributed by atoms with Gasteiger partial charge in [-0.15, -0.1) is 0 Å². The van der Waals surface area contributed by atoms with Gasteiger partial charge in [-0.1, -0.05) is 0 Å². The molecule has 0 saturated carbocycles. The summed E-state index contributed by atoms with van der Waals surface area (Å²) in [5.74, 6) is 0.873. The van der Waals surface area contributed by atoms with Gasteiger partial charge in [0.1, 0.15) is 0 Å². The molecule has 0 heterocycles.